The minimum atomic E-state index is -0.478. The number of nitrogens with one attached hydrogen (secondary N) is 2. The summed E-state index contributed by atoms with van der Waals surface area (Å²) in [5, 5.41) is 0. The average molecular weight is 393 g/mol. The van der Waals surface area contributed by atoms with E-state index in [1.807, 2.05) is 12.1 Å². The SMILES string of the molecule is CCc1ccc(OCC(=O)NNC(=O)C=Cc2ccco2)c(Br)c1. The summed E-state index contributed by atoms with van der Waals surface area (Å²) >= 11 is 3.40. The molecule has 0 radical (unpaired) electrons. The molecule has 1 heterocycles. The van der Waals surface area contributed by atoms with E-state index in [0.29, 0.717) is 11.5 Å². The van der Waals surface area contributed by atoms with Crippen molar-refractivity contribution in [3.05, 3.63) is 58.5 Å². The van der Waals surface area contributed by atoms with Crippen LogP contribution in [-0.4, -0.2) is 18.4 Å². The number of hydrazine groups is 1. The predicted molar refractivity (Wildman–Crippen MR) is 93.0 cm³/mol. The second kappa shape index (κ2) is 8.93. The van der Waals surface area contributed by atoms with Gasteiger partial charge in [0.05, 0.1) is 10.7 Å². The van der Waals surface area contributed by atoms with Gasteiger partial charge in [-0.15, -0.1) is 0 Å². The number of halogens is 1. The van der Waals surface area contributed by atoms with Crippen LogP contribution in [0.2, 0.25) is 0 Å². The summed E-state index contributed by atoms with van der Waals surface area (Å²) in [6.45, 7) is 1.84. The fourth-order valence-corrected chi connectivity index (χ4v) is 2.32. The summed E-state index contributed by atoms with van der Waals surface area (Å²) in [5.41, 5.74) is 5.68. The summed E-state index contributed by atoms with van der Waals surface area (Å²) in [4.78, 5) is 23.2. The maximum atomic E-state index is 11.7. The lowest BCUT2D eigenvalue weighted by Gasteiger charge is -2.10. The fourth-order valence-electron chi connectivity index (χ4n) is 1.78. The largest absolute Gasteiger partial charge is 0.483 e. The molecule has 2 aromatic rings. The van der Waals surface area contributed by atoms with Crippen molar-refractivity contribution < 1.29 is 18.7 Å². The van der Waals surface area contributed by atoms with Gasteiger partial charge in [-0.3, -0.25) is 20.4 Å². The van der Waals surface area contributed by atoms with E-state index < -0.39 is 11.8 Å². The lowest BCUT2D eigenvalue weighted by Crippen LogP contribution is -2.43. The number of benzene rings is 1. The zero-order valence-electron chi connectivity index (χ0n) is 13.0. The number of aryl methyl sites for hydroxylation is 1. The van der Waals surface area contributed by atoms with Gasteiger partial charge in [0.1, 0.15) is 11.5 Å². The van der Waals surface area contributed by atoms with Gasteiger partial charge >= 0.3 is 0 Å². The number of amides is 2. The number of furan rings is 1. The predicted octanol–water partition coefficient (Wildman–Crippen LogP) is 2.84. The van der Waals surface area contributed by atoms with Gasteiger partial charge in [-0.25, -0.2) is 0 Å². The Morgan fingerprint density at radius 1 is 1.29 bits per heavy atom. The van der Waals surface area contributed by atoms with Gasteiger partial charge in [0, 0.05) is 6.08 Å². The third-order valence-corrected chi connectivity index (χ3v) is 3.65. The summed E-state index contributed by atoms with van der Waals surface area (Å²) in [6.07, 6.45) is 5.16. The Morgan fingerprint density at radius 2 is 2.12 bits per heavy atom. The highest BCUT2D eigenvalue weighted by atomic mass is 79.9. The second-order valence-corrected chi connectivity index (χ2v) is 5.65. The van der Waals surface area contributed by atoms with Crippen LogP contribution in [-0.2, 0) is 16.0 Å². The van der Waals surface area contributed by atoms with E-state index in [-0.39, 0.29) is 6.61 Å². The molecule has 0 aliphatic carbocycles. The molecular formula is C17H17BrN2O4. The molecule has 24 heavy (non-hydrogen) atoms. The minimum Gasteiger partial charge on any atom is -0.483 e. The van der Waals surface area contributed by atoms with Crippen molar-refractivity contribution >= 4 is 33.8 Å². The Hall–Kier alpha value is -2.54. The van der Waals surface area contributed by atoms with Crippen molar-refractivity contribution in [1.29, 1.82) is 0 Å². The number of hydrogen-bond donors (Lipinski definition) is 2. The van der Waals surface area contributed by atoms with Gasteiger partial charge < -0.3 is 9.15 Å². The Morgan fingerprint density at radius 3 is 2.79 bits per heavy atom. The van der Waals surface area contributed by atoms with Gasteiger partial charge in [-0.1, -0.05) is 13.0 Å². The van der Waals surface area contributed by atoms with E-state index in [1.165, 1.54) is 18.4 Å². The molecule has 0 atom stereocenters. The molecule has 0 aliphatic rings. The van der Waals surface area contributed by atoms with E-state index in [4.69, 9.17) is 9.15 Å². The topological polar surface area (TPSA) is 80.6 Å². The third-order valence-electron chi connectivity index (χ3n) is 3.03. The Kier molecular flexibility index (Phi) is 6.62. The van der Waals surface area contributed by atoms with E-state index in [1.54, 1.807) is 18.2 Å². The van der Waals surface area contributed by atoms with Crippen molar-refractivity contribution in [2.24, 2.45) is 0 Å². The zero-order valence-corrected chi connectivity index (χ0v) is 14.6. The van der Waals surface area contributed by atoms with Crippen LogP contribution in [0.25, 0.3) is 6.08 Å². The van der Waals surface area contributed by atoms with Crippen LogP contribution in [0, 0.1) is 0 Å². The molecule has 0 unspecified atom stereocenters. The molecule has 1 aromatic carbocycles. The van der Waals surface area contributed by atoms with E-state index in [9.17, 15) is 9.59 Å². The normalized spacial score (nSPS) is 10.6. The first-order chi connectivity index (χ1) is 11.6. The molecule has 0 bridgehead atoms. The summed E-state index contributed by atoms with van der Waals surface area (Å²) in [6, 6.07) is 9.08. The number of rotatable bonds is 6. The highest BCUT2D eigenvalue weighted by molar-refractivity contribution is 9.10. The zero-order chi connectivity index (χ0) is 17.4. The van der Waals surface area contributed by atoms with Crippen LogP contribution in [0.15, 0.2) is 51.6 Å². The molecule has 0 aliphatic heterocycles. The smallest absolute Gasteiger partial charge is 0.276 e. The minimum absolute atomic E-state index is 0.216. The maximum Gasteiger partial charge on any atom is 0.276 e. The molecule has 0 spiro atoms. The number of hydrogen-bond acceptors (Lipinski definition) is 4. The van der Waals surface area contributed by atoms with E-state index >= 15 is 0 Å². The molecule has 2 amide bonds. The van der Waals surface area contributed by atoms with Crippen LogP contribution < -0.4 is 15.6 Å². The van der Waals surface area contributed by atoms with E-state index in [0.717, 1.165) is 16.5 Å². The van der Waals surface area contributed by atoms with Gasteiger partial charge in [-0.2, -0.15) is 0 Å². The van der Waals surface area contributed by atoms with Crippen molar-refractivity contribution in [2.45, 2.75) is 13.3 Å². The van der Waals surface area contributed by atoms with Crippen LogP contribution in [0.1, 0.15) is 18.2 Å². The van der Waals surface area contributed by atoms with Crippen molar-refractivity contribution in [1.82, 2.24) is 10.9 Å². The van der Waals surface area contributed by atoms with Crippen molar-refractivity contribution in [2.75, 3.05) is 6.61 Å². The third kappa shape index (κ3) is 5.58. The number of carbonyl (C=O) groups excluding carboxylic acids is 2. The Bertz CT molecular complexity index is 726. The Labute approximate surface area is 148 Å². The Balaban J connectivity index is 1.74. The van der Waals surface area contributed by atoms with Gasteiger partial charge in [0.15, 0.2) is 6.61 Å². The van der Waals surface area contributed by atoms with Crippen LogP contribution >= 0.6 is 15.9 Å². The molecule has 7 heteroatoms. The number of carbonyl (C=O) groups is 2. The van der Waals surface area contributed by atoms with Crippen molar-refractivity contribution in [3.8, 4) is 5.75 Å². The van der Waals surface area contributed by atoms with Gasteiger partial charge in [-0.05, 0) is 58.3 Å². The quantitative estimate of drug-likeness (QED) is 0.584. The molecule has 0 saturated heterocycles. The average Bonchev–Trinajstić information content (AvgIpc) is 3.10. The molecule has 2 N–H and O–H groups in total. The van der Waals surface area contributed by atoms with Gasteiger partial charge in [0.25, 0.3) is 11.8 Å². The van der Waals surface area contributed by atoms with Crippen LogP contribution in [0.5, 0.6) is 5.75 Å². The maximum absolute atomic E-state index is 11.7. The summed E-state index contributed by atoms with van der Waals surface area (Å²) in [7, 11) is 0. The molecule has 0 saturated carbocycles. The fraction of sp³-hybridized carbons (Fsp3) is 0.176. The summed E-state index contributed by atoms with van der Waals surface area (Å²) in [5.74, 6) is 0.154. The van der Waals surface area contributed by atoms with Crippen LogP contribution in [0.4, 0.5) is 0 Å². The first kappa shape index (κ1) is 17.8. The highest BCUT2D eigenvalue weighted by Gasteiger charge is 2.07. The highest BCUT2D eigenvalue weighted by Crippen LogP contribution is 2.26. The number of ether oxygens (including phenoxy) is 1. The molecule has 6 nitrogen and oxygen atoms in total. The van der Waals surface area contributed by atoms with Gasteiger partial charge in [0.2, 0.25) is 0 Å². The molecule has 1 aromatic heterocycles. The lowest BCUT2D eigenvalue weighted by molar-refractivity contribution is -0.128. The molecule has 0 fully saturated rings. The molecule has 2 rings (SSSR count). The first-order valence-electron chi connectivity index (χ1n) is 7.30. The van der Waals surface area contributed by atoms with Crippen LogP contribution in [0.3, 0.4) is 0 Å². The second-order valence-electron chi connectivity index (χ2n) is 4.79. The molecule has 126 valence electrons. The van der Waals surface area contributed by atoms with E-state index in [2.05, 4.69) is 33.7 Å². The lowest BCUT2D eigenvalue weighted by atomic mass is 10.2. The first-order valence-corrected chi connectivity index (χ1v) is 8.09. The summed E-state index contributed by atoms with van der Waals surface area (Å²) < 4.78 is 11.2. The monoisotopic (exact) mass is 392 g/mol. The van der Waals surface area contributed by atoms with Crippen molar-refractivity contribution in [3.63, 3.8) is 0 Å². The molecular weight excluding hydrogens is 376 g/mol. The standard InChI is InChI=1S/C17H17BrN2O4/c1-2-12-5-7-15(14(18)10-12)24-11-17(22)20-19-16(21)8-6-13-4-3-9-23-13/h3-10H,2,11H2,1H3,(H,19,21)(H,20,22).